The van der Waals surface area contributed by atoms with E-state index in [0.717, 1.165) is 23.1 Å². The third-order valence-electron chi connectivity index (χ3n) is 2.54. The highest BCUT2D eigenvalue weighted by Gasteiger charge is 2.10. The molecule has 1 aromatic carbocycles. The van der Waals surface area contributed by atoms with Crippen molar-refractivity contribution in [2.75, 3.05) is 0 Å². The molecular weight excluding hydrogens is 289 g/mol. The van der Waals surface area contributed by atoms with Crippen molar-refractivity contribution in [3.63, 3.8) is 0 Å². The van der Waals surface area contributed by atoms with Crippen LogP contribution < -0.4 is 10.4 Å². The molecule has 0 bridgehead atoms. The molecule has 2 aromatic rings. The lowest BCUT2D eigenvalue weighted by atomic mass is 10.2. The van der Waals surface area contributed by atoms with Crippen LogP contribution in [-0.2, 0) is 6.61 Å². The number of halogens is 2. The van der Waals surface area contributed by atoms with Gasteiger partial charge in [0.2, 0.25) is 0 Å². The zero-order valence-corrected chi connectivity index (χ0v) is 10.8. The summed E-state index contributed by atoms with van der Waals surface area (Å²) in [6.07, 6.45) is 1.01. The Morgan fingerprint density at radius 2 is 2.10 bits per heavy atom. The van der Waals surface area contributed by atoms with Crippen LogP contribution in [0.4, 0.5) is 4.39 Å². The molecule has 1 aromatic heterocycles. The van der Waals surface area contributed by atoms with Crippen molar-refractivity contribution >= 4 is 17.6 Å². The largest absolute Gasteiger partial charge is 0.478 e. The van der Waals surface area contributed by atoms with Crippen LogP contribution in [0.5, 0.6) is 0 Å². The molecule has 0 fully saturated rings. The van der Waals surface area contributed by atoms with Gasteiger partial charge in [0.1, 0.15) is 12.4 Å². The third kappa shape index (κ3) is 2.97. The van der Waals surface area contributed by atoms with Gasteiger partial charge in [-0.05, 0) is 18.2 Å². The second-order valence-corrected chi connectivity index (χ2v) is 4.27. The van der Waals surface area contributed by atoms with Crippen LogP contribution in [-0.4, -0.2) is 15.8 Å². The molecule has 0 unspecified atom stereocenters. The zero-order chi connectivity index (χ0) is 14.7. The standard InChI is InChI=1S/C13H9ClFNO4/c14-10-2-1-3-11(15)9(10)7-20-16-6-8(13(18)19)4-5-12(16)17/h1-6H,7H2,(H,18,19). The minimum absolute atomic E-state index is 0.0850. The summed E-state index contributed by atoms with van der Waals surface area (Å²) in [5, 5.41) is 8.98. The first kappa shape index (κ1) is 14.1. The molecule has 1 N–H and O–H groups in total. The third-order valence-corrected chi connectivity index (χ3v) is 2.89. The Balaban J connectivity index is 2.25. The molecule has 0 radical (unpaired) electrons. The summed E-state index contributed by atoms with van der Waals surface area (Å²) in [6, 6.07) is 6.34. The number of carboxylic acids is 1. The van der Waals surface area contributed by atoms with E-state index in [4.69, 9.17) is 21.5 Å². The van der Waals surface area contributed by atoms with E-state index in [0.29, 0.717) is 0 Å². The number of benzene rings is 1. The van der Waals surface area contributed by atoms with Crippen LogP contribution in [0, 0.1) is 5.82 Å². The first-order valence-electron chi connectivity index (χ1n) is 5.51. The molecular formula is C13H9ClFNO4. The van der Waals surface area contributed by atoms with Gasteiger partial charge in [-0.2, -0.15) is 4.73 Å². The van der Waals surface area contributed by atoms with Crippen LogP contribution in [0.1, 0.15) is 15.9 Å². The molecule has 0 saturated carbocycles. The van der Waals surface area contributed by atoms with E-state index in [9.17, 15) is 14.0 Å². The van der Waals surface area contributed by atoms with Crippen molar-refractivity contribution in [3.05, 3.63) is 68.8 Å². The van der Waals surface area contributed by atoms with Gasteiger partial charge in [-0.25, -0.2) is 9.18 Å². The van der Waals surface area contributed by atoms with Gasteiger partial charge in [-0.1, -0.05) is 17.7 Å². The molecule has 0 aliphatic rings. The predicted molar refractivity (Wildman–Crippen MR) is 69.4 cm³/mol. The summed E-state index contributed by atoms with van der Waals surface area (Å²) in [6.45, 7) is -0.297. The molecule has 7 heteroatoms. The van der Waals surface area contributed by atoms with Crippen LogP contribution in [0.15, 0.2) is 41.3 Å². The van der Waals surface area contributed by atoms with Gasteiger partial charge in [-0.15, -0.1) is 0 Å². The molecule has 0 saturated heterocycles. The van der Waals surface area contributed by atoms with Gasteiger partial charge >= 0.3 is 5.97 Å². The van der Waals surface area contributed by atoms with Gasteiger partial charge < -0.3 is 9.94 Å². The van der Waals surface area contributed by atoms with E-state index < -0.39 is 17.3 Å². The Bertz CT molecular complexity index is 694. The maximum Gasteiger partial charge on any atom is 0.337 e. The summed E-state index contributed by atoms with van der Waals surface area (Å²) >= 11 is 5.82. The fraction of sp³-hybridized carbons (Fsp3) is 0.0769. The normalized spacial score (nSPS) is 10.3. The highest BCUT2D eigenvalue weighted by molar-refractivity contribution is 6.31. The second kappa shape index (κ2) is 5.75. The SMILES string of the molecule is O=C(O)c1ccc(=O)n(OCc2c(F)cccc2Cl)c1. The summed E-state index contributed by atoms with van der Waals surface area (Å²) in [4.78, 5) is 27.4. The number of carbonyl (C=O) groups is 1. The first-order valence-corrected chi connectivity index (χ1v) is 5.89. The van der Waals surface area contributed by atoms with E-state index in [1.165, 1.54) is 18.2 Å². The minimum atomic E-state index is -1.20. The Morgan fingerprint density at radius 3 is 2.75 bits per heavy atom. The average molecular weight is 298 g/mol. The van der Waals surface area contributed by atoms with Gasteiger partial charge in [0.25, 0.3) is 5.56 Å². The van der Waals surface area contributed by atoms with Crippen LogP contribution >= 0.6 is 11.6 Å². The number of hydrogen-bond acceptors (Lipinski definition) is 3. The van der Waals surface area contributed by atoms with E-state index in [1.54, 1.807) is 0 Å². The van der Waals surface area contributed by atoms with Gasteiger partial charge in [0, 0.05) is 11.6 Å². The highest BCUT2D eigenvalue weighted by Crippen LogP contribution is 2.18. The van der Waals surface area contributed by atoms with Gasteiger partial charge in [0.15, 0.2) is 0 Å². The molecule has 0 atom stereocenters. The number of pyridine rings is 1. The summed E-state index contributed by atoms with van der Waals surface area (Å²) in [5.74, 6) is -1.77. The van der Waals surface area contributed by atoms with Crippen LogP contribution in [0.2, 0.25) is 5.02 Å². The fourth-order valence-corrected chi connectivity index (χ4v) is 1.72. The highest BCUT2D eigenvalue weighted by atomic mass is 35.5. The molecule has 0 aliphatic carbocycles. The lowest BCUT2D eigenvalue weighted by Crippen LogP contribution is -2.27. The second-order valence-electron chi connectivity index (χ2n) is 3.86. The van der Waals surface area contributed by atoms with Gasteiger partial charge in [0.05, 0.1) is 16.8 Å². The van der Waals surface area contributed by atoms with Crippen molar-refractivity contribution in [2.24, 2.45) is 0 Å². The smallest absolute Gasteiger partial charge is 0.337 e. The molecule has 0 amide bonds. The number of rotatable bonds is 4. The molecule has 5 nitrogen and oxygen atoms in total. The van der Waals surface area contributed by atoms with E-state index >= 15 is 0 Å². The monoisotopic (exact) mass is 297 g/mol. The Morgan fingerprint density at radius 1 is 1.35 bits per heavy atom. The Labute approximate surface area is 117 Å². The summed E-state index contributed by atoms with van der Waals surface area (Å²) in [7, 11) is 0. The fourth-order valence-electron chi connectivity index (χ4n) is 1.50. The molecule has 0 aliphatic heterocycles. The van der Waals surface area contributed by atoms with Crippen LogP contribution in [0.25, 0.3) is 0 Å². The lowest BCUT2D eigenvalue weighted by Gasteiger charge is -2.10. The predicted octanol–water partition coefficient (Wildman–Crippen LogP) is 1.97. The average Bonchev–Trinajstić information content (AvgIpc) is 2.39. The molecule has 2 rings (SSSR count). The molecule has 1 heterocycles. The van der Waals surface area contributed by atoms with E-state index in [2.05, 4.69) is 0 Å². The maximum atomic E-state index is 13.5. The number of carboxylic acid groups (broad SMARTS) is 1. The van der Waals surface area contributed by atoms with E-state index in [-0.39, 0.29) is 22.8 Å². The quantitative estimate of drug-likeness (QED) is 0.937. The molecule has 104 valence electrons. The van der Waals surface area contributed by atoms with Gasteiger partial charge in [-0.3, -0.25) is 4.79 Å². The summed E-state index contributed by atoms with van der Waals surface area (Å²) in [5.41, 5.74) is -0.603. The lowest BCUT2D eigenvalue weighted by molar-refractivity contribution is 0.0672. The number of nitrogens with zero attached hydrogens (tertiary/aromatic N) is 1. The van der Waals surface area contributed by atoms with Crippen molar-refractivity contribution in [1.82, 2.24) is 4.73 Å². The number of aromatic nitrogens is 1. The van der Waals surface area contributed by atoms with Crippen LogP contribution in [0.3, 0.4) is 0 Å². The molecule has 0 spiro atoms. The first-order chi connectivity index (χ1) is 9.49. The zero-order valence-electron chi connectivity index (χ0n) is 10.0. The Kier molecular flexibility index (Phi) is 4.05. The Hall–Kier alpha value is -2.34. The molecule has 20 heavy (non-hydrogen) atoms. The minimum Gasteiger partial charge on any atom is -0.478 e. The van der Waals surface area contributed by atoms with Crippen molar-refractivity contribution in [2.45, 2.75) is 6.61 Å². The number of hydrogen-bond donors (Lipinski definition) is 1. The van der Waals surface area contributed by atoms with E-state index in [1.807, 2.05) is 0 Å². The maximum absolute atomic E-state index is 13.5. The summed E-state index contributed by atoms with van der Waals surface area (Å²) < 4.78 is 14.2. The van der Waals surface area contributed by atoms with Crippen molar-refractivity contribution < 1.29 is 19.1 Å². The van der Waals surface area contributed by atoms with Crippen molar-refractivity contribution in [3.8, 4) is 0 Å². The topological polar surface area (TPSA) is 68.5 Å². The number of aromatic carboxylic acids is 1. The van der Waals surface area contributed by atoms with Crippen molar-refractivity contribution in [1.29, 1.82) is 0 Å².